The lowest BCUT2D eigenvalue weighted by atomic mass is 9.78. The molecule has 3 aromatic rings. The van der Waals surface area contributed by atoms with Gasteiger partial charge < -0.3 is 9.47 Å². The molecule has 0 aromatic heterocycles. The monoisotopic (exact) mass is 496 g/mol. The summed E-state index contributed by atoms with van der Waals surface area (Å²) in [6, 6.07) is 25.4. The van der Waals surface area contributed by atoms with Gasteiger partial charge in [0, 0.05) is 0 Å². The molecule has 2 fully saturated rings. The highest BCUT2D eigenvalue weighted by atomic mass is 16.5. The quantitative estimate of drug-likeness (QED) is 0.243. The smallest absolute Gasteiger partial charge is 0.314 e. The van der Waals surface area contributed by atoms with E-state index in [0.717, 1.165) is 38.0 Å². The SMILES string of the molecule is Cc1ccc(C2CCC(COc3ccc(OC(=O)C4CCC(c5ccc(C)cc5)CC4)cc3)CC2)cc1. The molecule has 2 aliphatic carbocycles. The van der Waals surface area contributed by atoms with Crippen LogP contribution >= 0.6 is 0 Å². The topological polar surface area (TPSA) is 35.5 Å². The highest BCUT2D eigenvalue weighted by Crippen LogP contribution is 2.37. The van der Waals surface area contributed by atoms with E-state index in [4.69, 9.17) is 9.47 Å². The van der Waals surface area contributed by atoms with E-state index in [1.165, 1.54) is 47.9 Å². The van der Waals surface area contributed by atoms with E-state index in [-0.39, 0.29) is 11.9 Å². The molecule has 0 unspecified atom stereocenters. The van der Waals surface area contributed by atoms with Gasteiger partial charge in [-0.15, -0.1) is 0 Å². The number of aryl methyl sites for hydroxylation is 2. The van der Waals surface area contributed by atoms with E-state index in [9.17, 15) is 4.79 Å². The minimum atomic E-state index is -0.0960. The zero-order valence-electron chi connectivity index (χ0n) is 22.3. The third-order valence-corrected chi connectivity index (χ3v) is 8.53. The van der Waals surface area contributed by atoms with Gasteiger partial charge >= 0.3 is 5.97 Å². The first-order chi connectivity index (χ1) is 18.0. The Balaban J connectivity index is 1.03. The molecule has 2 saturated carbocycles. The number of carbonyl (C=O) groups excluding carboxylic acids is 1. The number of hydrogen-bond acceptors (Lipinski definition) is 3. The summed E-state index contributed by atoms with van der Waals surface area (Å²) >= 11 is 0. The predicted octanol–water partition coefficient (Wildman–Crippen LogP) is 8.54. The number of benzene rings is 3. The first kappa shape index (κ1) is 25.6. The molecular weight excluding hydrogens is 456 g/mol. The van der Waals surface area contributed by atoms with Gasteiger partial charge in [-0.25, -0.2) is 0 Å². The Kier molecular flexibility index (Phi) is 8.28. The Morgan fingerprint density at radius 3 is 1.59 bits per heavy atom. The maximum absolute atomic E-state index is 12.8. The fraction of sp³-hybridized carbons (Fsp3) is 0.441. The van der Waals surface area contributed by atoms with Crippen LogP contribution < -0.4 is 9.47 Å². The number of rotatable bonds is 7. The van der Waals surface area contributed by atoms with Crippen LogP contribution in [0.5, 0.6) is 11.5 Å². The van der Waals surface area contributed by atoms with Crippen molar-refractivity contribution >= 4 is 5.97 Å². The largest absolute Gasteiger partial charge is 0.493 e. The average molecular weight is 497 g/mol. The van der Waals surface area contributed by atoms with Gasteiger partial charge in [0.15, 0.2) is 0 Å². The molecule has 0 aliphatic heterocycles. The minimum absolute atomic E-state index is 0.00679. The summed E-state index contributed by atoms with van der Waals surface area (Å²) in [5.41, 5.74) is 5.49. The number of ether oxygens (including phenoxy) is 2. The zero-order valence-corrected chi connectivity index (χ0v) is 22.3. The van der Waals surface area contributed by atoms with Crippen LogP contribution in [0.15, 0.2) is 72.8 Å². The van der Waals surface area contributed by atoms with Gasteiger partial charge in [0.25, 0.3) is 0 Å². The molecule has 0 heterocycles. The second kappa shape index (κ2) is 12.0. The van der Waals surface area contributed by atoms with Crippen molar-refractivity contribution in [2.75, 3.05) is 6.61 Å². The zero-order chi connectivity index (χ0) is 25.6. The molecule has 3 heteroatoms. The third kappa shape index (κ3) is 6.83. The van der Waals surface area contributed by atoms with Crippen LogP contribution in [-0.4, -0.2) is 12.6 Å². The molecule has 37 heavy (non-hydrogen) atoms. The van der Waals surface area contributed by atoms with Crippen molar-refractivity contribution < 1.29 is 14.3 Å². The van der Waals surface area contributed by atoms with Gasteiger partial charge in [-0.2, -0.15) is 0 Å². The summed E-state index contributed by atoms with van der Waals surface area (Å²) in [5, 5.41) is 0. The van der Waals surface area contributed by atoms with Crippen molar-refractivity contribution in [1.82, 2.24) is 0 Å². The lowest BCUT2D eigenvalue weighted by Gasteiger charge is -2.29. The Bertz CT molecular complexity index is 1130. The van der Waals surface area contributed by atoms with Crippen LogP contribution in [0, 0.1) is 25.7 Å². The number of esters is 1. The highest BCUT2D eigenvalue weighted by molar-refractivity contribution is 5.75. The Morgan fingerprint density at radius 2 is 1.08 bits per heavy atom. The summed E-state index contributed by atoms with van der Waals surface area (Å²) in [6.07, 6.45) is 8.76. The number of carbonyl (C=O) groups is 1. The van der Waals surface area contributed by atoms with Gasteiger partial charge in [0.2, 0.25) is 0 Å². The molecule has 3 nitrogen and oxygen atoms in total. The normalized spacial score (nSPS) is 23.8. The van der Waals surface area contributed by atoms with Crippen LogP contribution in [0.4, 0.5) is 0 Å². The molecule has 5 rings (SSSR count). The van der Waals surface area contributed by atoms with E-state index in [2.05, 4.69) is 62.4 Å². The molecule has 0 amide bonds. The Morgan fingerprint density at radius 1 is 0.622 bits per heavy atom. The summed E-state index contributed by atoms with van der Waals surface area (Å²) in [5.74, 6) is 3.20. The van der Waals surface area contributed by atoms with Crippen LogP contribution in [0.25, 0.3) is 0 Å². The van der Waals surface area contributed by atoms with E-state index in [1.807, 2.05) is 24.3 Å². The molecule has 0 radical (unpaired) electrons. The lowest BCUT2D eigenvalue weighted by molar-refractivity contribution is -0.140. The van der Waals surface area contributed by atoms with E-state index in [1.54, 1.807) is 0 Å². The fourth-order valence-electron chi connectivity index (χ4n) is 6.02. The summed E-state index contributed by atoms with van der Waals surface area (Å²) < 4.78 is 11.8. The van der Waals surface area contributed by atoms with Crippen molar-refractivity contribution in [2.24, 2.45) is 11.8 Å². The molecule has 3 aromatic carbocycles. The maximum Gasteiger partial charge on any atom is 0.314 e. The molecule has 0 N–H and O–H groups in total. The van der Waals surface area contributed by atoms with E-state index >= 15 is 0 Å². The molecule has 0 spiro atoms. The molecular formula is C34H40O3. The molecule has 0 saturated heterocycles. The molecule has 0 atom stereocenters. The standard InChI is InChI=1S/C34H40O3/c1-24-3-9-27(10-4-24)29-13-7-26(8-14-29)23-36-32-19-21-33(22-20-32)37-34(35)31-17-15-30(16-18-31)28-11-5-25(2)6-12-28/h3-6,9-12,19-22,26,29-31H,7-8,13-18,23H2,1-2H3. The number of hydrogen-bond donors (Lipinski definition) is 0. The van der Waals surface area contributed by atoms with Crippen molar-refractivity contribution in [1.29, 1.82) is 0 Å². The summed E-state index contributed by atoms with van der Waals surface area (Å²) in [7, 11) is 0. The minimum Gasteiger partial charge on any atom is -0.493 e. The Labute approximate surface area is 222 Å². The van der Waals surface area contributed by atoms with Gasteiger partial charge in [-0.3, -0.25) is 4.79 Å². The molecule has 194 valence electrons. The van der Waals surface area contributed by atoms with E-state index in [0.29, 0.717) is 23.5 Å². The van der Waals surface area contributed by atoms with Gasteiger partial charge in [0.1, 0.15) is 11.5 Å². The predicted molar refractivity (Wildman–Crippen MR) is 149 cm³/mol. The van der Waals surface area contributed by atoms with Crippen molar-refractivity contribution in [3.05, 3.63) is 95.1 Å². The van der Waals surface area contributed by atoms with Crippen molar-refractivity contribution in [2.45, 2.75) is 77.0 Å². The highest BCUT2D eigenvalue weighted by Gasteiger charge is 2.28. The Hall–Kier alpha value is -3.07. The molecule has 0 bridgehead atoms. The van der Waals surface area contributed by atoms with Crippen molar-refractivity contribution in [3.63, 3.8) is 0 Å². The van der Waals surface area contributed by atoms with Crippen LogP contribution in [0.3, 0.4) is 0 Å². The van der Waals surface area contributed by atoms with Gasteiger partial charge in [0.05, 0.1) is 12.5 Å². The van der Waals surface area contributed by atoms with Crippen LogP contribution in [0.1, 0.15) is 85.5 Å². The van der Waals surface area contributed by atoms with Gasteiger partial charge in [-0.05, 0) is 118 Å². The van der Waals surface area contributed by atoms with Crippen molar-refractivity contribution in [3.8, 4) is 11.5 Å². The van der Waals surface area contributed by atoms with Crippen LogP contribution in [-0.2, 0) is 4.79 Å². The fourth-order valence-corrected chi connectivity index (χ4v) is 6.02. The average Bonchev–Trinajstić information content (AvgIpc) is 2.94. The summed E-state index contributed by atoms with van der Waals surface area (Å²) in [6.45, 7) is 5.02. The first-order valence-corrected chi connectivity index (χ1v) is 14.1. The van der Waals surface area contributed by atoms with Crippen LogP contribution in [0.2, 0.25) is 0 Å². The maximum atomic E-state index is 12.8. The second-order valence-corrected chi connectivity index (χ2v) is 11.3. The lowest BCUT2D eigenvalue weighted by Crippen LogP contribution is -2.25. The van der Waals surface area contributed by atoms with Gasteiger partial charge in [-0.1, -0.05) is 59.7 Å². The third-order valence-electron chi connectivity index (χ3n) is 8.53. The second-order valence-electron chi connectivity index (χ2n) is 11.3. The molecule has 2 aliphatic rings. The summed E-state index contributed by atoms with van der Waals surface area (Å²) in [4.78, 5) is 12.8. The van der Waals surface area contributed by atoms with E-state index < -0.39 is 0 Å². The first-order valence-electron chi connectivity index (χ1n) is 14.1.